The summed E-state index contributed by atoms with van der Waals surface area (Å²) >= 11 is 0. The molecule has 1 aromatic heterocycles. The molecular formula is C16H24N2. The number of allylic oxidation sites excluding steroid dienone is 2. The lowest BCUT2D eigenvalue weighted by Gasteiger charge is -1.78. The third kappa shape index (κ3) is 5.91. The lowest BCUT2D eigenvalue weighted by Crippen LogP contribution is -2.23. The Kier molecular flexibility index (Phi) is 13.3. The first-order valence-corrected chi connectivity index (χ1v) is 6.26. The van der Waals surface area contributed by atoms with Crippen LogP contribution in [-0.2, 0) is 0 Å². The summed E-state index contributed by atoms with van der Waals surface area (Å²) < 4.78 is 0. The van der Waals surface area contributed by atoms with Crippen LogP contribution in [0.15, 0.2) is 25.3 Å². The first-order chi connectivity index (χ1) is 8.83. The molecule has 1 N–H and O–H groups in total. The third-order valence-corrected chi connectivity index (χ3v) is 1.65. The van der Waals surface area contributed by atoms with Crippen LogP contribution in [0.25, 0.3) is 12.2 Å². The molecule has 18 heavy (non-hydrogen) atoms. The fourth-order valence-electron chi connectivity index (χ4n) is 1.11. The number of aromatic amines is 1. The summed E-state index contributed by atoms with van der Waals surface area (Å²) in [4.78, 5) is 0. The van der Waals surface area contributed by atoms with E-state index in [0.717, 1.165) is 16.3 Å². The standard InChI is InChI=1S/C12H12N2.2C2H6/c1-4-7-10-11(8-5-2)13-14-12(10)9-6-3;2*1-2/h4-5,7-8,13H,1-2H2,3H3;2*1-2H3/b10-7+,11-8+;;. The van der Waals surface area contributed by atoms with Crippen LogP contribution in [0, 0.1) is 11.8 Å². The van der Waals surface area contributed by atoms with Gasteiger partial charge in [0, 0.05) is 5.22 Å². The van der Waals surface area contributed by atoms with Gasteiger partial charge in [-0.25, -0.2) is 0 Å². The highest BCUT2D eigenvalue weighted by Crippen LogP contribution is 1.77. The van der Waals surface area contributed by atoms with E-state index in [4.69, 9.17) is 0 Å². The Hall–Kier alpha value is -2.01. The molecule has 0 amide bonds. The first-order valence-electron chi connectivity index (χ1n) is 6.26. The van der Waals surface area contributed by atoms with E-state index in [9.17, 15) is 0 Å². The number of aromatic nitrogens is 2. The molecule has 2 nitrogen and oxygen atoms in total. The van der Waals surface area contributed by atoms with Gasteiger partial charge in [0.1, 0.15) is 5.69 Å². The third-order valence-electron chi connectivity index (χ3n) is 1.65. The van der Waals surface area contributed by atoms with Crippen molar-refractivity contribution in [3.05, 3.63) is 41.6 Å². The zero-order chi connectivity index (χ0) is 14.4. The average Bonchev–Trinajstić information content (AvgIpc) is 2.79. The van der Waals surface area contributed by atoms with E-state index in [0.29, 0.717) is 0 Å². The second kappa shape index (κ2) is 13.1. The Morgan fingerprint density at radius 2 is 1.61 bits per heavy atom. The van der Waals surface area contributed by atoms with Crippen LogP contribution in [-0.4, -0.2) is 10.2 Å². The predicted octanol–water partition coefficient (Wildman–Crippen LogP) is 2.77. The average molecular weight is 244 g/mol. The molecule has 0 aromatic carbocycles. The van der Waals surface area contributed by atoms with Gasteiger partial charge in [0.25, 0.3) is 0 Å². The topological polar surface area (TPSA) is 28.7 Å². The summed E-state index contributed by atoms with van der Waals surface area (Å²) in [7, 11) is 0. The molecule has 0 saturated carbocycles. The van der Waals surface area contributed by atoms with E-state index in [-0.39, 0.29) is 0 Å². The largest absolute Gasteiger partial charge is 0.277 e. The van der Waals surface area contributed by atoms with Gasteiger partial charge >= 0.3 is 0 Å². The molecule has 2 heteroatoms. The van der Waals surface area contributed by atoms with Crippen molar-refractivity contribution < 1.29 is 0 Å². The molecule has 0 aliphatic rings. The van der Waals surface area contributed by atoms with Gasteiger partial charge in [-0.1, -0.05) is 65.0 Å². The summed E-state index contributed by atoms with van der Waals surface area (Å²) in [6, 6.07) is 0. The van der Waals surface area contributed by atoms with E-state index in [2.05, 4.69) is 35.2 Å². The van der Waals surface area contributed by atoms with Crippen molar-refractivity contribution in [1.29, 1.82) is 0 Å². The van der Waals surface area contributed by atoms with E-state index in [1.165, 1.54) is 0 Å². The highest BCUT2D eigenvalue weighted by molar-refractivity contribution is 5.45. The quantitative estimate of drug-likeness (QED) is 0.796. The van der Waals surface area contributed by atoms with Crippen molar-refractivity contribution in [3.8, 4) is 11.8 Å². The molecule has 0 saturated heterocycles. The minimum Gasteiger partial charge on any atom is -0.277 e. The smallest absolute Gasteiger partial charge is 0.142 e. The summed E-state index contributed by atoms with van der Waals surface area (Å²) in [5.41, 5.74) is 0.737. The normalized spacial score (nSPS) is 10.1. The zero-order valence-electron chi connectivity index (χ0n) is 12.2. The van der Waals surface area contributed by atoms with Crippen LogP contribution in [0.5, 0.6) is 0 Å². The van der Waals surface area contributed by atoms with Crippen LogP contribution in [0.3, 0.4) is 0 Å². The van der Waals surface area contributed by atoms with Crippen molar-refractivity contribution in [2.45, 2.75) is 34.6 Å². The molecule has 0 aliphatic heterocycles. The van der Waals surface area contributed by atoms with E-state index in [1.807, 2.05) is 39.8 Å². The first kappa shape index (κ1) is 18.4. The van der Waals surface area contributed by atoms with Gasteiger partial charge in [0.05, 0.1) is 5.35 Å². The molecular weight excluding hydrogens is 220 g/mol. The van der Waals surface area contributed by atoms with Crippen molar-refractivity contribution in [2.75, 3.05) is 0 Å². The SMILES string of the molecule is C=C/C=c1/c(C#CC)n[nH]/c1=C/C=C.CC.CC. The maximum absolute atomic E-state index is 4.09. The van der Waals surface area contributed by atoms with Gasteiger partial charge in [-0.05, 0) is 18.9 Å². The summed E-state index contributed by atoms with van der Waals surface area (Å²) in [6.45, 7) is 17.1. The van der Waals surface area contributed by atoms with Crippen molar-refractivity contribution in [3.63, 3.8) is 0 Å². The van der Waals surface area contributed by atoms with Gasteiger partial charge in [-0.15, -0.1) is 0 Å². The minimum absolute atomic E-state index is 0.737. The molecule has 0 bridgehead atoms. The summed E-state index contributed by atoms with van der Waals surface area (Å²) in [5.74, 6) is 5.73. The van der Waals surface area contributed by atoms with Crippen molar-refractivity contribution >= 4 is 12.2 Å². The van der Waals surface area contributed by atoms with Crippen LogP contribution >= 0.6 is 0 Å². The van der Waals surface area contributed by atoms with Crippen LogP contribution in [0.2, 0.25) is 0 Å². The molecule has 0 atom stereocenters. The Morgan fingerprint density at radius 3 is 2.06 bits per heavy atom. The molecule has 98 valence electrons. The number of H-pyrrole nitrogens is 1. The van der Waals surface area contributed by atoms with Gasteiger partial charge in [-0.2, -0.15) is 5.10 Å². The number of nitrogens with one attached hydrogen (secondary N) is 1. The lowest BCUT2D eigenvalue weighted by atomic mass is 10.3. The maximum Gasteiger partial charge on any atom is 0.142 e. The Balaban J connectivity index is 0. The van der Waals surface area contributed by atoms with Gasteiger partial charge in [0.15, 0.2) is 0 Å². The van der Waals surface area contributed by atoms with Gasteiger partial charge in [0.2, 0.25) is 0 Å². The van der Waals surface area contributed by atoms with Crippen LogP contribution in [0.1, 0.15) is 40.3 Å². The minimum atomic E-state index is 0.737. The molecule has 0 unspecified atom stereocenters. The number of hydrogen-bond acceptors (Lipinski definition) is 1. The summed E-state index contributed by atoms with van der Waals surface area (Å²) in [5, 5.41) is 8.83. The van der Waals surface area contributed by atoms with Gasteiger partial charge < -0.3 is 0 Å². The van der Waals surface area contributed by atoms with E-state index in [1.54, 1.807) is 19.1 Å². The second-order valence-corrected chi connectivity index (χ2v) is 2.58. The molecule has 1 heterocycles. The van der Waals surface area contributed by atoms with E-state index >= 15 is 0 Å². The highest BCUT2D eigenvalue weighted by Gasteiger charge is 1.95. The Morgan fingerprint density at radius 1 is 1.06 bits per heavy atom. The zero-order valence-corrected chi connectivity index (χ0v) is 12.2. The fraction of sp³-hybridized carbons (Fsp3) is 0.312. The number of nitrogens with zero attached hydrogens (tertiary/aromatic N) is 1. The lowest BCUT2D eigenvalue weighted by molar-refractivity contribution is 1.05. The fourth-order valence-corrected chi connectivity index (χ4v) is 1.11. The van der Waals surface area contributed by atoms with Crippen LogP contribution in [0.4, 0.5) is 0 Å². The number of rotatable bonds is 2. The van der Waals surface area contributed by atoms with E-state index < -0.39 is 0 Å². The second-order valence-electron chi connectivity index (χ2n) is 2.58. The number of hydrogen-bond donors (Lipinski definition) is 1. The van der Waals surface area contributed by atoms with Gasteiger partial charge in [-0.3, -0.25) is 5.10 Å². The molecule has 1 aromatic rings. The summed E-state index contributed by atoms with van der Waals surface area (Å²) in [6.07, 6.45) is 7.14. The van der Waals surface area contributed by atoms with Crippen molar-refractivity contribution in [1.82, 2.24) is 10.2 Å². The monoisotopic (exact) mass is 244 g/mol. The molecule has 0 spiro atoms. The Bertz CT molecular complexity index is 508. The maximum atomic E-state index is 4.09. The Labute approximate surface area is 111 Å². The molecule has 0 radical (unpaired) electrons. The molecule has 0 fully saturated rings. The molecule has 1 rings (SSSR count). The highest BCUT2D eigenvalue weighted by atomic mass is 15.1. The predicted molar refractivity (Wildman–Crippen MR) is 82.4 cm³/mol. The van der Waals surface area contributed by atoms with Crippen LogP contribution < -0.4 is 10.6 Å². The van der Waals surface area contributed by atoms with Crippen molar-refractivity contribution in [2.24, 2.45) is 0 Å². The molecule has 0 aliphatic carbocycles.